The standard InChI is InChI=1S/C32H41F3N6O4S/c1-18-19(9-8-10-20(18)33)24-23(28(42)43)21(37-26(38-24)27-36-12-14-46-27)15-40-17-32(34,35)25-22(40)16-39(7)41(25)13-11-31(5,6)29(44)45-30(2,3)4/h8-10,12,14,22,24-25H,11,13,15-17H2,1-7H3,(H,37,38)(H,42,43)/t22?,24-,25?/m0/s1. The molecule has 0 saturated carbocycles. The summed E-state index contributed by atoms with van der Waals surface area (Å²) >= 11 is 1.29. The lowest BCUT2D eigenvalue weighted by Crippen LogP contribution is -2.50. The molecule has 5 rings (SSSR count). The van der Waals surface area contributed by atoms with E-state index in [0.717, 1.165) is 0 Å². The molecular formula is C32H41F3N6O4S. The summed E-state index contributed by atoms with van der Waals surface area (Å²) in [6, 6.07) is 1.51. The Morgan fingerprint density at radius 1 is 1.22 bits per heavy atom. The summed E-state index contributed by atoms with van der Waals surface area (Å²) in [7, 11) is 1.74. The molecule has 2 N–H and O–H groups in total. The van der Waals surface area contributed by atoms with Crippen molar-refractivity contribution >= 4 is 29.1 Å². The molecule has 3 aliphatic heterocycles. The van der Waals surface area contributed by atoms with Gasteiger partial charge in [-0.2, -0.15) is 0 Å². The van der Waals surface area contributed by atoms with Gasteiger partial charge in [-0.3, -0.25) is 14.7 Å². The van der Waals surface area contributed by atoms with Gasteiger partial charge >= 0.3 is 11.9 Å². The number of likely N-dealkylation sites (tertiary alicyclic amines) is 1. The number of nitrogens with zero attached hydrogens (tertiary/aromatic N) is 5. The highest BCUT2D eigenvalue weighted by molar-refractivity contribution is 7.11. The number of hydrogen-bond acceptors (Lipinski definition) is 10. The molecule has 2 fully saturated rings. The van der Waals surface area contributed by atoms with Crippen molar-refractivity contribution in [3.63, 3.8) is 0 Å². The Hall–Kier alpha value is -3.33. The van der Waals surface area contributed by atoms with Crippen LogP contribution in [0.1, 0.15) is 63.2 Å². The van der Waals surface area contributed by atoms with Crippen LogP contribution >= 0.6 is 11.3 Å². The van der Waals surface area contributed by atoms with Gasteiger partial charge < -0.3 is 15.2 Å². The number of rotatable bonds is 9. The molecule has 1 aromatic carbocycles. The normalized spacial score (nSPS) is 24.1. The summed E-state index contributed by atoms with van der Waals surface area (Å²) < 4.78 is 52.0. The molecule has 0 spiro atoms. The highest BCUT2D eigenvalue weighted by Gasteiger charge is 2.61. The van der Waals surface area contributed by atoms with Gasteiger partial charge in [0.25, 0.3) is 5.92 Å². The van der Waals surface area contributed by atoms with Gasteiger partial charge in [0, 0.05) is 50.0 Å². The minimum absolute atomic E-state index is 0.126. The lowest BCUT2D eigenvalue weighted by atomic mass is 9.89. The number of ether oxygens (including phenoxy) is 1. The second-order valence-electron chi connectivity index (χ2n) is 13.8. The molecule has 14 heteroatoms. The van der Waals surface area contributed by atoms with Crippen LogP contribution in [0.25, 0.3) is 0 Å². The molecule has 3 aliphatic rings. The van der Waals surface area contributed by atoms with Crippen LogP contribution in [0.2, 0.25) is 0 Å². The molecule has 3 atom stereocenters. The quantitative estimate of drug-likeness (QED) is 0.372. The summed E-state index contributed by atoms with van der Waals surface area (Å²) in [5.74, 6) is -5.01. The van der Waals surface area contributed by atoms with Crippen LogP contribution in [0, 0.1) is 18.2 Å². The fraction of sp³-hybridized carbons (Fsp3) is 0.562. The van der Waals surface area contributed by atoms with Crippen LogP contribution in [-0.4, -0.2) is 99.6 Å². The second-order valence-corrected chi connectivity index (χ2v) is 14.7. The Bertz CT molecular complexity index is 1560. The Kier molecular flexibility index (Phi) is 9.14. The number of carboxylic acid groups (broad SMARTS) is 1. The molecule has 0 bridgehead atoms. The lowest BCUT2D eigenvalue weighted by Gasteiger charge is -2.35. The summed E-state index contributed by atoms with van der Waals surface area (Å²) in [5.41, 5.74) is -0.883. The van der Waals surface area contributed by atoms with E-state index in [1.54, 1.807) is 81.2 Å². The number of carboxylic acids is 1. The largest absolute Gasteiger partial charge is 0.478 e. The van der Waals surface area contributed by atoms with Gasteiger partial charge in [0.05, 0.1) is 17.5 Å². The number of amidine groups is 1. The van der Waals surface area contributed by atoms with Gasteiger partial charge in [-0.25, -0.2) is 33.0 Å². The number of esters is 1. The number of likely N-dealkylation sites (N-methyl/N-ethyl adjacent to an activating group) is 1. The van der Waals surface area contributed by atoms with Crippen molar-refractivity contribution in [3.05, 3.63) is 63.0 Å². The summed E-state index contributed by atoms with van der Waals surface area (Å²) in [6.07, 6.45) is 1.88. The van der Waals surface area contributed by atoms with Crippen LogP contribution in [0.3, 0.4) is 0 Å². The number of hydrogen-bond donors (Lipinski definition) is 2. The molecule has 2 unspecified atom stereocenters. The predicted molar refractivity (Wildman–Crippen MR) is 168 cm³/mol. The van der Waals surface area contributed by atoms with Crippen molar-refractivity contribution < 1.29 is 32.6 Å². The number of aliphatic imine (C=N–C) groups is 1. The highest BCUT2D eigenvalue weighted by Crippen LogP contribution is 2.43. The zero-order valence-electron chi connectivity index (χ0n) is 27.1. The number of alkyl halides is 2. The Morgan fingerprint density at radius 3 is 2.57 bits per heavy atom. The molecule has 0 amide bonds. The number of hydrazine groups is 1. The van der Waals surface area contributed by atoms with Crippen LogP contribution in [0.5, 0.6) is 0 Å². The van der Waals surface area contributed by atoms with Crippen LogP contribution in [-0.2, 0) is 14.3 Å². The van der Waals surface area contributed by atoms with Crippen LogP contribution in [0.4, 0.5) is 13.2 Å². The van der Waals surface area contributed by atoms with E-state index in [-0.39, 0.29) is 36.5 Å². The van der Waals surface area contributed by atoms with E-state index in [0.29, 0.717) is 22.8 Å². The number of nitrogens with one attached hydrogen (secondary N) is 1. The predicted octanol–water partition coefficient (Wildman–Crippen LogP) is 4.63. The number of aliphatic carboxylic acids is 1. The van der Waals surface area contributed by atoms with Gasteiger partial charge in [-0.15, -0.1) is 11.3 Å². The van der Waals surface area contributed by atoms with Crippen LogP contribution < -0.4 is 5.32 Å². The Balaban J connectivity index is 1.44. The lowest BCUT2D eigenvalue weighted by molar-refractivity contribution is -0.167. The molecular weight excluding hydrogens is 621 g/mol. The maximum Gasteiger partial charge on any atom is 0.335 e. The third-order valence-electron chi connectivity index (χ3n) is 8.77. The summed E-state index contributed by atoms with van der Waals surface area (Å²) in [6.45, 7) is 10.2. The molecule has 10 nitrogen and oxygen atoms in total. The van der Waals surface area contributed by atoms with E-state index in [4.69, 9.17) is 4.74 Å². The number of halogens is 3. The maximum absolute atomic E-state index is 15.9. The van der Waals surface area contributed by atoms with Gasteiger partial charge in [0.1, 0.15) is 23.5 Å². The topological polar surface area (TPSA) is 111 Å². The van der Waals surface area contributed by atoms with E-state index < -0.39 is 59.4 Å². The van der Waals surface area contributed by atoms with Crippen molar-refractivity contribution in [2.75, 3.05) is 33.2 Å². The average molecular weight is 663 g/mol. The fourth-order valence-electron chi connectivity index (χ4n) is 6.35. The molecule has 4 heterocycles. The highest BCUT2D eigenvalue weighted by atomic mass is 32.1. The number of carbonyl (C=O) groups excluding carboxylic acids is 1. The molecule has 0 radical (unpaired) electrons. The molecule has 1 aromatic heterocycles. The first-order valence-corrected chi connectivity index (χ1v) is 16.1. The third-order valence-corrected chi connectivity index (χ3v) is 9.54. The minimum atomic E-state index is -3.13. The minimum Gasteiger partial charge on any atom is -0.478 e. The first-order valence-electron chi connectivity index (χ1n) is 15.2. The zero-order chi connectivity index (χ0) is 33.8. The van der Waals surface area contributed by atoms with E-state index in [9.17, 15) is 19.1 Å². The first kappa shape index (κ1) is 34.0. The molecule has 2 aromatic rings. The van der Waals surface area contributed by atoms with E-state index in [1.165, 1.54) is 23.5 Å². The summed E-state index contributed by atoms with van der Waals surface area (Å²) in [5, 5.41) is 19.1. The van der Waals surface area contributed by atoms with E-state index in [1.807, 2.05) is 0 Å². The first-order chi connectivity index (χ1) is 21.4. The molecule has 46 heavy (non-hydrogen) atoms. The van der Waals surface area contributed by atoms with Crippen molar-refractivity contribution in [1.82, 2.24) is 25.2 Å². The molecule has 250 valence electrons. The van der Waals surface area contributed by atoms with Gasteiger partial charge in [0.2, 0.25) is 0 Å². The Labute approximate surface area is 270 Å². The number of benzene rings is 1. The maximum atomic E-state index is 15.9. The van der Waals surface area contributed by atoms with Crippen molar-refractivity contribution in [1.29, 1.82) is 0 Å². The number of thiazole rings is 1. The Morgan fingerprint density at radius 2 is 1.93 bits per heavy atom. The van der Waals surface area contributed by atoms with Gasteiger partial charge in [0.15, 0.2) is 10.8 Å². The number of aromatic nitrogens is 1. The smallest absolute Gasteiger partial charge is 0.335 e. The number of carbonyl (C=O) groups is 2. The molecule has 2 saturated heterocycles. The van der Waals surface area contributed by atoms with Gasteiger partial charge in [-0.05, 0) is 65.2 Å². The zero-order valence-corrected chi connectivity index (χ0v) is 27.9. The van der Waals surface area contributed by atoms with Crippen molar-refractivity contribution in [2.24, 2.45) is 10.4 Å². The number of fused-ring (bicyclic) bond motifs is 1. The van der Waals surface area contributed by atoms with E-state index in [2.05, 4.69) is 15.3 Å². The molecule has 0 aliphatic carbocycles. The van der Waals surface area contributed by atoms with Crippen molar-refractivity contribution in [3.8, 4) is 0 Å². The SMILES string of the molecule is Cc1c(F)cccc1[C@@H]1N=C(c2nccs2)NC(CN2CC(F)(F)C3C2CN(C)N3CCC(C)(C)C(=O)OC(C)(C)C)=C1C(=O)O. The van der Waals surface area contributed by atoms with E-state index >= 15 is 8.78 Å². The fourth-order valence-corrected chi connectivity index (χ4v) is 6.94. The van der Waals surface area contributed by atoms with Crippen molar-refractivity contribution in [2.45, 2.75) is 77.6 Å². The van der Waals surface area contributed by atoms with Gasteiger partial charge in [-0.1, -0.05) is 12.1 Å². The monoisotopic (exact) mass is 662 g/mol. The third kappa shape index (κ3) is 6.71. The average Bonchev–Trinajstić information content (AvgIpc) is 3.65. The van der Waals surface area contributed by atoms with Crippen LogP contribution in [0.15, 0.2) is 46.0 Å². The summed E-state index contributed by atoms with van der Waals surface area (Å²) in [4.78, 5) is 36.2. The second kappa shape index (κ2) is 12.4.